The number of hydrogen-bond donors (Lipinski definition) is 1. The van der Waals surface area contributed by atoms with Crippen molar-refractivity contribution in [2.75, 3.05) is 25.4 Å². The van der Waals surface area contributed by atoms with E-state index in [1.54, 1.807) is 4.90 Å². The molecule has 1 heterocycles. The molecule has 1 aliphatic heterocycles. The van der Waals surface area contributed by atoms with Gasteiger partial charge in [0, 0.05) is 29.4 Å². The number of benzene rings is 2. The summed E-state index contributed by atoms with van der Waals surface area (Å²) < 4.78 is 11.4. The summed E-state index contributed by atoms with van der Waals surface area (Å²) in [5.74, 6) is 0.811. The number of carbonyl (C=O) groups excluding carboxylic acids is 1. The van der Waals surface area contributed by atoms with Crippen molar-refractivity contribution < 1.29 is 14.3 Å². The number of nitrogens with two attached hydrogens (primary N) is 1. The van der Waals surface area contributed by atoms with E-state index in [1.165, 1.54) is 0 Å². The molecule has 2 aromatic carbocycles. The molecule has 1 aliphatic rings. The summed E-state index contributed by atoms with van der Waals surface area (Å²) >= 11 is 0. The second-order valence-electron chi connectivity index (χ2n) is 6.14. The highest BCUT2D eigenvalue weighted by Crippen LogP contribution is 2.31. The monoisotopic (exact) mass is 328 g/mol. The molecule has 0 spiro atoms. The third kappa shape index (κ3) is 3.55. The fraction of sp³-hybridized carbons (Fsp3) is 0.421. The van der Waals surface area contributed by atoms with Gasteiger partial charge in [-0.3, -0.25) is 0 Å². The van der Waals surface area contributed by atoms with Crippen LogP contribution in [-0.4, -0.2) is 36.8 Å². The summed E-state index contributed by atoms with van der Waals surface area (Å²) in [4.78, 5) is 13.7. The topological polar surface area (TPSA) is 64.8 Å². The van der Waals surface area contributed by atoms with Crippen LogP contribution in [0.15, 0.2) is 36.4 Å². The molecule has 2 N–H and O–H groups in total. The number of nitrogen functional groups attached to an aromatic ring is 1. The molecule has 24 heavy (non-hydrogen) atoms. The maximum atomic E-state index is 12.0. The van der Waals surface area contributed by atoms with Gasteiger partial charge >= 0.3 is 6.09 Å². The predicted octanol–water partition coefficient (Wildman–Crippen LogP) is 3.81. The van der Waals surface area contributed by atoms with Crippen LogP contribution >= 0.6 is 0 Å². The molecule has 5 heteroatoms. The molecule has 0 bridgehead atoms. The van der Waals surface area contributed by atoms with Crippen molar-refractivity contribution in [3.05, 3.63) is 36.4 Å². The van der Waals surface area contributed by atoms with Crippen LogP contribution in [0.1, 0.15) is 26.2 Å². The number of anilines is 1. The van der Waals surface area contributed by atoms with Crippen LogP contribution in [0.25, 0.3) is 10.8 Å². The largest absolute Gasteiger partial charge is 0.488 e. The van der Waals surface area contributed by atoms with Gasteiger partial charge in [-0.25, -0.2) is 4.79 Å². The van der Waals surface area contributed by atoms with Crippen LogP contribution in [0.5, 0.6) is 5.75 Å². The number of rotatable bonds is 5. The standard InChI is InChI=1S/C19H24N2O3/c1-2-3-12-23-19(22)21-11-10-14(13-21)24-18-9-8-17(20)15-6-4-5-7-16(15)18/h4-9,14H,2-3,10-13,20H2,1H3/t14-/m0/s1. The molecule has 0 saturated carbocycles. The number of carbonyl (C=O) groups is 1. The molecule has 1 amide bonds. The van der Waals surface area contributed by atoms with Crippen molar-refractivity contribution >= 4 is 22.6 Å². The quantitative estimate of drug-likeness (QED) is 0.669. The van der Waals surface area contributed by atoms with Gasteiger partial charge in [0.2, 0.25) is 0 Å². The summed E-state index contributed by atoms with van der Waals surface area (Å²) in [5, 5.41) is 1.99. The molecule has 1 atom stereocenters. The molecule has 1 fully saturated rings. The Bertz CT molecular complexity index is 717. The first-order valence-corrected chi connectivity index (χ1v) is 8.54. The number of ether oxygens (including phenoxy) is 2. The Labute approximate surface area is 142 Å². The van der Waals surface area contributed by atoms with Crippen molar-refractivity contribution in [1.82, 2.24) is 4.90 Å². The minimum atomic E-state index is -0.239. The van der Waals surface area contributed by atoms with Crippen molar-refractivity contribution in [2.24, 2.45) is 0 Å². The lowest BCUT2D eigenvalue weighted by molar-refractivity contribution is 0.104. The Morgan fingerprint density at radius 1 is 1.25 bits per heavy atom. The lowest BCUT2D eigenvalue weighted by Gasteiger charge is -2.18. The Morgan fingerprint density at radius 2 is 2.04 bits per heavy atom. The first-order chi connectivity index (χ1) is 11.7. The number of nitrogens with zero attached hydrogens (tertiary/aromatic N) is 1. The third-order valence-corrected chi connectivity index (χ3v) is 4.34. The first-order valence-electron chi connectivity index (χ1n) is 8.54. The van der Waals surface area contributed by atoms with E-state index in [4.69, 9.17) is 15.2 Å². The van der Waals surface area contributed by atoms with E-state index >= 15 is 0 Å². The smallest absolute Gasteiger partial charge is 0.409 e. The molecule has 0 radical (unpaired) electrons. The second-order valence-corrected chi connectivity index (χ2v) is 6.14. The van der Waals surface area contributed by atoms with Crippen LogP contribution in [0.2, 0.25) is 0 Å². The van der Waals surface area contributed by atoms with Gasteiger partial charge in [-0.1, -0.05) is 37.6 Å². The molecule has 128 valence electrons. The van der Waals surface area contributed by atoms with E-state index < -0.39 is 0 Å². The first kappa shape index (κ1) is 16.4. The Kier molecular flexibility index (Phi) is 5.08. The third-order valence-electron chi connectivity index (χ3n) is 4.34. The highest BCUT2D eigenvalue weighted by molar-refractivity contribution is 5.97. The number of hydrogen-bond acceptors (Lipinski definition) is 4. The van der Waals surface area contributed by atoms with Gasteiger partial charge in [-0.15, -0.1) is 0 Å². The molecular weight excluding hydrogens is 304 g/mol. The number of unbranched alkanes of at least 4 members (excludes halogenated alkanes) is 1. The van der Waals surface area contributed by atoms with Crippen molar-refractivity contribution in [3.63, 3.8) is 0 Å². The zero-order valence-corrected chi connectivity index (χ0v) is 14.0. The highest BCUT2D eigenvalue weighted by Gasteiger charge is 2.28. The van der Waals surface area contributed by atoms with Crippen molar-refractivity contribution in [3.8, 4) is 5.75 Å². The van der Waals surface area contributed by atoms with E-state index in [-0.39, 0.29) is 12.2 Å². The van der Waals surface area contributed by atoms with Crippen LogP contribution in [0, 0.1) is 0 Å². The summed E-state index contributed by atoms with van der Waals surface area (Å²) in [7, 11) is 0. The fourth-order valence-electron chi connectivity index (χ4n) is 2.96. The average Bonchev–Trinajstić information content (AvgIpc) is 3.06. The maximum absolute atomic E-state index is 12.0. The molecule has 0 aromatic heterocycles. The van der Waals surface area contributed by atoms with E-state index in [0.29, 0.717) is 19.7 Å². The Hall–Kier alpha value is -2.43. The lowest BCUT2D eigenvalue weighted by Crippen LogP contribution is -2.31. The van der Waals surface area contributed by atoms with Crippen LogP contribution in [-0.2, 0) is 4.74 Å². The SMILES string of the molecule is CCCCOC(=O)N1CC[C@H](Oc2ccc(N)c3ccccc23)C1. The second kappa shape index (κ2) is 7.43. The molecule has 2 aromatic rings. The van der Waals surface area contributed by atoms with Gasteiger partial charge in [0.15, 0.2) is 0 Å². The zero-order valence-electron chi connectivity index (χ0n) is 14.0. The average molecular weight is 328 g/mol. The van der Waals surface area contributed by atoms with Gasteiger partial charge in [0.25, 0.3) is 0 Å². The van der Waals surface area contributed by atoms with E-state index in [9.17, 15) is 4.79 Å². The Balaban J connectivity index is 1.64. The molecule has 3 rings (SSSR count). The van der Waals surface area contributed by atoms with Gasteiger partial charge < -0.3 is 20.1 Å². The zero-order chi connectivity index (χ0) is 16.9. The number of likely N-dealkylation sites (tertiary alicyclic amines) is 1. The predicted molar refractivity (Wildman–Crippen MR) is 95.2 cm³/mol. The van der Waals surface area contributed by atoms with Gasteiger partial charge in [-0.2, -0.15) is 0 Å². The Morgan fingerprint density at radius 3 is 2.83 bits per heavy atom. The van der Waals surface area contributed by atoms with Crippen molar-refractivity contribution in [2.45, 2.75) is 32.3 Å². The summed E-state index contributed by atoms with van der Waals surface area (Å²) in [6, 6.07) is 11.7. The van der Waals surface area contributed by atoms with E-state index in [1.807, 2.05) is 36.4 Å². The summed E-state index contributed by atoms with van der Waals surface area (Å²) in [5.41, 5.74) is 6.77. The normalized spacial score (nSPS) is 17.2. The fourth-order valence-corrected chi connectivity index (χ4v) is 2.96. The highest BCUT2D eigenvalue weighted by atomic mass is 16.6. The van der Waals surface area contributed by atoms with Crippen LogP contribution < -0.4 is 10.5 Å². The minimum Gasteiger partial charge on any atom is -0.488 e. The molecule has 0 aliphatic carbocycles. The molecule has 1 saturated heterocycles. The number of amides is 1. The van der Waals surface area contributed by atoms with Gasteiger partial charge in [0.05, 0.1) is 13.2 Å². The molecular formula is C19H24N2O3. The van der Waals surface area contributed by atoms with Gasteiger partial charge in [0.1, 0.15) is 11.9 Å². The summed E-state index contributed by atoms with van der Waals surface area (Å²) in [6.07, 6.45) is 2.47. The van der Waals surface area contributed by atoms with Gasteiger partial charge in [-0.05, 0) is 18.6 Å². The summed E-state index contributed by atoms with van der Waals surface area (Å²) in [6.45, 7) is 3.79. The van der Waals surface area contributed by atoms with E-state index in [2.05, 4.69) is 6.92 Å². The molecule has 5 nitrogen and oxygen atoms in total. The van der Waals surface area contributed by atoms with Crippen LogP contribution in [0.4, 0.5) is 10.5 Å². The van der Waals surface area contributed by atoms with Crippen LogP contribution in [0.3, 0.4) is 0 Å². The number of fused-ring (bicyclic) bond motifs is 1. The molecule has 0 unspecified atom stereocenters. The minimum absolute atomic E-state index is 0.0178. The van der Waals surface area contributed by atoms with E-state index in [0.717, 1.165) is 41.5 Å². The van der Waals surface area contributed by atoms with Crippen molar-refractivity contribution in [1.29, 1.82) is 0 Å². The maximum Gasteiger partial charge on any atom is 0.409 e. The lowest BCUT2D eigenvalue weighted by atomic mass is 10.1.